The minimum atomic E-state index is 0.113. The van der Waals surface area contributed by atoms with Crippen molar-refractivity contribution in [3.05, 3.63) is 46.5 Å². The van der Waals surface area contributed by atoms with E-state index in [1.165, 1.54) is 5.57 Å². The third kappa shape index (κ3) is 4.10. The normalized spacial score (nSPS) is 14.3. The molecule has 4 heterocycles. The van der Waals surface area contributed by atoms with Crippen LogP contribution in [0.25, 0.3) is 17.1 Å². The molecule has 0 aliphatic carbocycles. The van der Waals surface area contributed by atoms with E-state index in [4.69, 9.17) is 16.3 Å². The number of hydrogen-bond acceptors (Lipinski definition) is 5. The average Bonchev–Trinajstić information content (AvgIpc) is 3.05. The molecule has 3 aromatic rings. The quantitative estimate of drug-likeness (QED) is 0.688. The van der Waals surface area contributed by atoms with Gasteiger partial charge in [-0.3, -0.25) is 9.78 Å². The molecule has 1 aliphatic heterocycles. The lowest BCUT2D eigenvalue weighted by Crippen LogP contribution is -2.34. The zero-order valence-corrected chi connectivity index (χ0v) is 17.2. The Kier molecular flexibility index (Phi) is 5.49. The van der Waals surface area contributed by atoms with Crippen molar-refractivity contribution >= 4 is 34.6 Å². The first-order chi connectivity index (χ1) is 14.0. The second kappa shape index (κ2) is 8.21. The molecule has 7 nitrogen and oxygen atoms in total. The van der Waals surface area contributed by atoms with Crippen LogP contribution in [0.1, 0.15) is 38.1 Å². The van der Waals surface area contributed by atoms with Gasteiger partial charge in [-0.1, -0.05) is 24.1 Å². The molecule has 150 valence electrons. The van der Waals surface area contributed by atoms with Crippen LogP contribution in [-0.4, -0.2) is 43.8 Å². The van der Waals surface area contributed by atoms with E-state index in [9.17, 15) is 4.79 Å². The summed E-state index contributed by atoms with van der Waals surface area (Å²) in [4.78, 5) is 29.9. The van der Waals surface area contributed by atoms with Gasteiger partial charge in [0.1, 0.15) is 11.4 Å². The maximum atomic E-state index is 11.6. The van der Waals surface area contributed by atoms with Crippen LogP contribution < -0.4 is 4.74 Å². The van der Waals surface area contributed by atoms with Crippen molar-refractivity contribution in [3.63, 3.8) is 0 Å². The van der Waals surface area contributed by atoms with Gasteiger partial charge in [0.15, 0.2) is 0 Å². The largest absolute Gasteiger partial charge is 0.423 e. The predicted octanol–water partition coefficient (Wildman–Crippen LogP) is 4.39. The van der Waals surface area contributed by atoms with Crippen molar-refractivity contribution in [2.45, 2.75) is 33.1 Å². The van der Waals surface area contributed by atoms with Crippen molar-refractivity contribution < 1.29 is 9.53 Å². The number of ether oxygens (including phenoxy) is 1. The van der Waals surface area contributed by atoms with Crippen LogP contribution in [0.4, 0.5) is 0 Å². The number of likely N-dealkylation sites (tertiary alicyclic amines) is 1. The predicted molar refractivity (Wildman–Crippen MR) is 112 cm³/mol. The summed E-state index contributed by atoms with van der Waals surface area (Å²) >= 11 is 6.61. The fourth-order valence-corrected chi connectivity index (χ4v) is 3.83. The Bertz CT molecular complexity index is 1070. The minimum Gasteiger partial charge on any atom is -0.423 e. The average molecular weight is 412 g/mol. The zero-order valence-electron chi connectivity index (χ0n) is 16.4. The van der Waals surface area contributed by atoms with Crippen molar-refractivity contribution in [1.82, 2.24) is 24.8 Å². The van der Waals surface area contributed by atoms with E-state index in [0.29, 0.717) is 16.4 Å². The fraction of sp³-hybridized carbons (Fsp3) is 0.333. The van der Waals surface area contributed by atoms with Gasteiger partial charge < -0.3 is 14.6 Å². The lowest BCUT2D eigenvalue weighted by Gasteiger charge is -2.27. The van der Waals surface area contributed by atoms with Crippen LogP contribution >= 0.6 is 11.6 Å². The first-order valence-corrected chi connectivity index (χ1v) is 10.0. The van der Waals surface area contributed by atoms with Crippen molar-refractivity contribution in [3.8, 4) is 11.8 Å². The Hall–Kier alpha value is -2.93. The van der Waals surface area contributed by atoms with Crippen LogP contribution in [0.15, 0.2) is 30.1 Å². The number of aromatic nitrogens is 4. The topological polar surface area (TPSA) is 84.0 Å². The number of H-pyrrole nitrogens is 1. The molecule has 4 rings (SSSR count). The first-order valence-electron chi connectivity index (χ1n) is 9.66. The number of rotatable bonds is 4. The van der Waals surface area contributed by atoms with Gasteiger partial charge in [0.05, 0.1) is 22.3 Å². The van der Waals surface area contributed by atoms with E-state index in [1.54, 1.807) is 31.5 Å². The highest BCUT2D eigenvalue weighted by atomic mass is 35.5. The Morgan fingerprint density at radius 2 is 2.14 bits per heavy atom. The zero-order chi connectivity index (χ0) is 20.4. The molecular weight excluding hydrogens is 390 g/mol. The number of aromatic amines is 1. The number of pyridine rings is 1. The highest BCUT2D eigenvalue weighted by Gasteiger charge is 2.19. The molecule has 0 saturated carbocycles. The number of halogens is 1. The van der Waals surface area contributed by atoms with Gasteiger partial charge in [-0.05, 0) is 37.5 Å². The van der Waals surface area contributed by atoms with Gasteiger partial charge in [0.2, 0.25) is 5.91 Å². The second-order valence-corrected chi connectivity index (χ2v) is 7.36. The highest BCUT2D eigenvalue weighted by molar-refractivity contribution is 6.36. The lowest BCUT2D eigenvalue weighted by molar-refractivity contribution is -0.129. The van der Waals surface area contributed by atoms with Gasteiger partial charge in [0, 0.05) is 31.9 Å². The molecule has 0 atom stereocenters. The minimum absolute atomic E-state index is 0.113. The fourth-order valence-electron chi connectivity index (χ4n) is 3.47. The van der Waals surface area contributed by atoms with Gasteiger partial charge in [0.25, 0.3) is 0 Å². The molecule has 29 heavy (non-hydrogen) atoms. The monoisotopic (exact) mass is 411 g/mol. The standard InChI is InChI=1S/C21H22ClN5O2/c1-3-16-19(22)18-17(11-14-6-9-27(10-7-14)13(2)28)25-21(26-20(18)24-16)29-15-5-4-8-23-12-15/h4-5,8,11-12H,3,6-7,9-10H2,1-2H3,(H,24,25,26). The number of amides is 1. The molecule has 0 bridgehead atoms. The summed E-state index contributed by atoms with van der Waals surface area (Å²) in [6.07, 6.45) is 7.73. The molecule has 1 saturated heterocycles. The molecule has 3 aromatic heterocycles. The molecule has 8 heteroatoms. The SMILES string of the molecule is CCc1[nH]c2nc(Oc3cccnc3)nc(C=C3CCN(C(C)=O)CC3)c2c1Cl. The Labute approximate surface area is 173 Å². The summed E-state index contributed by atoms with van der Waals surface area (Å²) in [5.74, 6) is 0.676. The van der Waals surface area contributed by atoms with Gasteiger partial charge in [-0.25, -0.2) is 0 Å². The van der Waals surface area contributed by atoms with E-state index in [0.717, 1.165) is 49.1 Å². The number of nitrogens with zero attached hydrogens (tertiary/aromatic N) is 4. The summed E-state index contributed by atoms with van der Waals surface area (Å²) in [6.45, 7) is 5.08. The van der Waals surface area contributed by atoms with Gasteiger partial charge in [-0.15, -0.1) is 0 Å². The lowest BCUT2D eigenvalue weighted by atomic mass is 10.0. The summed E-state index contributed by atoms with van der Waals surface area (Å²) in [7, 11) is 0. The summed E-state index contributed by atoms with van der Waals surface area (Å²) in [6, 6.07) is 3.83. The molecule has 1 amide bonds. The van der Waals surface area contributed by atoms with E-state index in [-0.39, 0.29) is 11.9 Å². The van der Waals surface area contributed by atoms with Gasteiger partial charge in [-0.2, -0.15) is 9.97 Å². The molecule has 0 spiro atoms. The molecule has 1 aliphatic rings. The van der Waals surface area contributed by atoms with Crippen molar-refractivity contribution in [2.24, 2.45) is 0 Å². The smallest absolute Gasteiger partial charge is 0.324 e. The van der Waals surface area contributed by atoms with Crippen LogP contribution in [0.2, 0.25) is 5.02 Å². The Morgan fingerprint density at radius 1 is 1.34 bits per heavy atom. The van der Waals surface area contributed by atoms with E-state index >= 15 is 0 Å². The third-order valence-electron chi connectivity index (χ3n) is 5.06. The number of carbonyl (C=O) groups is 1. The van der Waals surface area contributed by atoms with Crippen molar-refractivity contribution in [1.29, 1.82) is 0 Å². The number of aryl methyl sites for hydroxylation is 1. The molecular formula is C21H22ClN5O2. The second-order valence-electron chi connectivity index (χ2n) is 6.99. The maximum absolute atomic E-state index is 11.6. The number of hydrogen-bond donors (Lipinski definition) is 1. The molecule has 0 radical (unpaired) electrons. The summed E-state index contributed by atoms with van der Waals surface area (Å²) < 4.78 is 5.82. The Balaban J connectivity index is 1.73. The Morgan fingerprint density at radius 3 is 2.79 bits per heavy atom. The summed E-state index contributed by atoms with van der Waals surface area (Å²) in [5, 5.41) is 1.44. The molecule has 1 fully saturated rings. The molecule has 1 N–H and O–H groups in total. The summed E-state index contributed by atoms with van der Waals surface area (Å²) in [5.41, 5.74) is 3.51. The number of piperidine rings is 1. The van der Waals surface area contributed by atoms with Crippen LogP contribution in [-0.2, 0) is 11.2 Å². The van der Waals surface area contributed by atoms with Crippen LogP contribution in [0.3, 0.4) is 0 Å². The number of nitrogens with one attached hydrogen (secondary N) is 1. The van der Waals surface area contributed by atoms with E-state index in [1.807, 2.05) is 11.8 Å². The third-order valence-corrected chi connectivity index (χ3v) is 5.48. The molecule has 0 aromatic carbocycles. The molecule has 0 unspecified atom stereocenters. The maximum Gasteiger partial charge on any atom is 0.324 e. The van der Waals surface area contributed by atoms with E-state index < -0.39 is 0 Å². The van der Waals surface area contributed by atoms with Crippen molar-refractivity contribution in [2.75, 3.05) is 13.1 Å². The van der Waals surface area contributed by atoms with E-state index in [2.05, 4.69) is 26.0 Å². The van der Waals surface area contributed by atoms with Gasteiger partial charge >= 0.3 is 6.01 Å². The van der Waals surface area contributed by atoms with Crippen LogP contribution in [0.5, 0.6) is 11.8 Å². The highest BCUT2D eigenvalue weighted by Crippen LogP contribution is 2.33. The first kappa shape index (κ1) is 19.4. The number of fused-ring (bicyclic) bond motifs is 1. The number of carbonyl (C=O) groups excluding carboxylic acids is 1. The van der Waals surface area contributed by atoms with Crippen LogP contribution in [0, 0.1) is 0 Å².